The molecule has 0 radical (unpaired) electrons. The van der Waals surface area contributed by atoms with Gasteiger partial charge in [-0.2, -0.15) is 0 Å². The van der Waals surface area contributed by atoms with Crippen molar-refractivity contribution in [3.63, 3.8) is 0 Å². The van der Waals surface area contributed by atoms with Crippen LogP contribution in [0.5, 0.6) is 0 Å². The first-order chi connectivity index (χ1) is 6.24. The van der Waals surface area contributed by atoms with Gasteiger partial charge >= 0.3 is 0 Å². The summed E-state index contributed by atoms with van der Waals surface area (Å²) in [6, 6.07) is 7.72. The molecule has 0 amide bonds. The number of aryl methyl sites for hydroxylation is 1. The first-order valence-electron chi connectivity index (χ1n) is 3.94. The molecule has 1 rings (SSSR count). The molecule has 13 heavy (non-hydrogen) atoms. The number of halogens is 1. The van der Waals surface area contributed by atoms with Crippen molar-refractivity contribution in [1.82, 2.24) is 0 Å². The zero-order valence-corrected chi connectivity index (χ0v) is 9.47. The minimum absolute atomic E-state index is 0.225. The Bertz CT molecular complexity index is 301. The SMILES string of the molecule is O=S(O)Cc1ccccc1CCBr. The summed E-state index contributed by atoms with van der Waals surface area (Å²) in [6.45, 7) is 0. The zero-order valence-electron chi connectivity index (χ0n) is 7.07. The van der Waals surface area contributed by atoms with E-state index in [2.05, 4.69) is 15.9 Å². The fourth-order valence-electron chi connectivity index (χ4n) is 1.18. The summed E-state index contributed by atoms with van der Waals surface area (Å²) < 4.78 is 19.4. The highest BCUT2D eigenvalue weighted by atomic mass is 79.9. The van der Waals surface area contributed by atoms with Crippen molar-refractivity contribution in [2.45, 2.75) is 12.2 Å². The third-order valence-electron chi connectivity index (χ3n) is 1.76. The van der Waals surface area contributed by atoms with Gasteiger partial charge in [-0.1, -0.05) is 40.2 Å². The van der Waals surface area contributed by atoms with Gasteiger partial charge in [0.2, 0.25) is 0 Å². The molecule has 0 aliphatic rings. The first-order valence-corrected chi connectivity index (χ1v) is 6.34. The summed E-state index contributed by atoms with van der Waals surface area (Å²) in [5.74, 6) is 0.225. The number of rotatable bonds is 4. The Morgan fingerprint density at radius 2 is 1.92 bits per heavy atom. The van der Waals surface area contributed by atoms with Crippen LogP contribution in [0.3, 0.4) is 0 Å². The lowest BCUT2D eigenvalue weighted by atomic mass is 10.1. The van der Waals surface area contributed by atoms with Gasteiger partial charge in [0, 0.05) is 5.33 Å². The molecule has 0 bridgehead atoms. The predicted molar refractivity (Wildman–Crippen MR) is 58.4 cm³/mol. The van der Waals surface area contributed by atoms with Gasteiger partial charge in [-0.3, -0.25) is 0 Å². The maximum absolute atomic E-state index is 10.6. The summed E-state index contributed by atoms with van der Waals surface area (Å²) in [5, 5.41) is 0.877. The largest absolute Gasteiger partial charge is 0.306 e. The average molecular weight is 263 g/mol. The van der Waals surface area contributed by atoms with Crippen LogP contribution in [-0.2, 0) is 23.3 Å². The molecule has 1 aromatic carbocycles. The van der Waals surface area contributed by atoms with Crippen LogP contribution in [0.15, 0.2) is 24.3 Å². The number of hydrogen-bond donors (Lipinski definition) is 1. The molecule has 0 fully saturated rings. The highest BCUT2D eigenvalue weighted by Crippen LogP contribution is 2.12. The second-order valence-corrected chi connectivity index (χ2v) is 4.40. The molecule has 0 saturated carbocycles. The molecule has 1 unspecified atom stereocenters. The van der Waals surface area contributed by atoms with Crippen molar-refractivity contribution >= 4 is 27.0 Å². The summed E-state index contributed by atoms with van der Waals surface area (Å²) >= 11 is 1.60. The van der Waals surface area contributed by atoms with Crippen LogP contribution in [0.4, 0.5) is 0 Å². The lowest BCUT2D eigenvalue weighted by Crippen LogP contribution is -1.99. The molecule has 0 spiro atoms. The quantitative estimate of drug-likeness (QED) is 0.668. The van der Waals surface area contributed by atoms with E-state index in [1.54, 1.807) is 0 Å². The van der Waals surface area contributed by atoms with Crippen LogP contribution in [0, 0.1) is 0 Å². The Morgan fingerprint density at radius 3 is 2.46 bits per heavy atom. The van der Waals surface area contributed by atoms with Gasteiger partial charge in [0.25, 0.3) is 0 Å². The van der Waals surface area contributed by atoms with E-state index in [0.29, 0.717) is 0 Å². The van der Waals surface area contributed by atoms with E-state index in [-0.39, 0.29) is 5.75 Å². The lowest BCUT2D eigenvalue weighted by molar-refractivity contribution is 0.563. The van der Waals surface area contributed by atoms with Crippen molar-refractivity contribution in [2.24, 2.45) is 0 Å². The molecule has 0 saturated heterocycles. The second-order valence-electron chi connectivity index (χ2n) is 2.67. The molecular weight excluding hydrogens is 252 g/mol. The summed E-state index contributed by atoms with van der Waals surface area (Å²) in [7, 11) is 0. The van der Waals surface area contributed by atoms with E-state index in [4.69, 9.17) is 4.55 Å². The van der Waals surface area contributed by atoms with Crippen molar-refractivity contribution in [3.8, 4) is 0 Å². The van der Waals surface area contributed by atoms with Gasteiger partial charge in [0.05, 0.1) is 5.75 Å². The fourth-order valence-corrected chi connectivity index (χ4v) is 2.15. The third-order valence-corrected chi connectivity index (χ3v) is 2.72. The summed E-state index contributed by atoms with van der Waals surface area (Å²) in [6.07, 6.45) is 0.896. The maximum Gasteiger partial charge on any atom is 0.157 e. The first kappa shape index (κ1) is 10.9. The van der Waals surface area contributed by atoms with Gasteiger partial charge in [-0.05, 0) is 17.5 Å². The number of alkyl halides is 1. The van der Waals surface area contributed by atoms with Crippen LogP contribution in [-0.4, -0.2) is 14.1 Å². The fraction of sp³-hybridized carbons (Fsp3) is 0.333. The number of benzene rings is 1. The molecular formula is C9H11BrO2S. The van der Waals surface area contributed by atoms with Crippen molar-refractivity contribution in [3.05, 3.63) is 35.4 Å². The van der Waals surface area contributed by atoms with E-state index in [1.165, 1.54) is 0 Å². The van der Waals surface area contributed by atoms with Crippen molar-refractivity contribution in [1.29, 1.82) is 0 Å². The standard InChI is InChI=1S/C9H11BrO2S/c10-6-5-8-3-1-2-4-9(8)7-13(11)12/h1-4H,5-7H2,(H,11,12). The molecule has 4 heteroatoms. The molecule has 0 aliphatic carbocycles. The van der Waals surface area contributed by atoms with Gasteiger partial charge in [-0.15, -0.1) is 0 Å². The monoisotopic (exact) mass is 262 g/mol. The third kappa shape index (κ3) is 3.58. The van der Waals surface area contributed by atoms with Crippen LogP contribution >= 0.6 is 15.9 Å². The normalized spacial score (nSPS) is 12.8. The average Bonchev–Trinajstić information content (AvgIpc) is 2.08. The molecule has 0 aliphatic heterocycles. The zero-order chi connectivity index (χ0) is 9.68. The highest BCUT2D eigenvalue weighted by molar-refractivity contribution is 9.09. The van der Waals surface area contributed by atoms with E-state index in [1.807, 2.05) is 24.3 Å². The Kier molecular flexibility index (Phi) is 4.62. The van der Waals surface area contributed by atoms with Crippen molar-refractivity contribution < 1.29 is 8.76 Å². The van der Waals surface area contributed by atoms with Gasteiger partial charge < -0.3 is 4.55 Å². The van der Waals surface area contributed by atoms with Crippen LogP contribution in [0.1, 0.15) is 11.1 Å². The van der Waals surface area contributed by atoms with E-state index >= 15 is 0 Å². The summed E-state index contributed by atoms with van der Waals surface area (Å²) in [5.41, 5.74) is 2.10. The molecule has 1 atom stereocenters. The van der Waals surface area contributed by atoms with Crippen LogP contribution < -0.4 is 0 Å². The van der Waals surface area contributed by atoms with Gasteiger partial charge in [0.15, 0.2) is 11.1 Å². The minimum Gasteiger partial charge on any atom is -0.306 e. The Morgan fingerprint density at radius 1 is 1.31 bits per heavy atom. The topological polar surface area (TPSA) is 37.3 Å². The molecule has 0 heterocycles. The van der Waals surface area contributed by atoms with Gasteiger partial charge in [-0.25, -0.2) is 4.21 Å². The van der Waals surface area contributed by atoms with Gasteiger partial charge in [0.1, 0.15) is 0 Å². The Hall–Kier alpha value is -0.190. The van der Waals surface area contributed by atoms with Crippen LogP contribution in [0.25, 0.3) is 0 Å². The lowest BCUT2D eigenvalue weighted by Gasteiger charge is -2.05. The molecule has 72 valence electrons. The molecule has 0 aromatic heterocycles. The molecule has 1 aromatic rings. The summed E-state index contributed by atoms with van der Waals surface area (Å²) in [4.78, 5) is 0. The van der Waals surface area contributed by atoms with Crippen molar-refractivity contribution in [2.75, 3.05) is 5.33 Å². The Balaban J connectivity index is 2.84. The smallest absolute Gasteiger partial charge is 0.157 e. The van der Waals surface area contributed by atoms with E-state index in [9.17, 15) is 4.21 Å². The molecule has 1 N–H and O–H groups in total. The molecule has 2 nitrogen and oxygen atoms in total. The minimum atomic E-state index is -1.75. The second kappa shape index (κ2) is 5.52. The Labute approximate surface area is 88.8 Å². The predicted octanol–water partition coefficient (Wildman–Crippen LogP) is 2.35. The maximum atomic E-state index is 10.6. The van der Waals surface area contributed by atoms with E-state index < -0.39 is 11.1 Å². The number of hydrogen-bond acceptors (Lipinski definition) is 1. The van der Waals surface area contributed by atoms with E-state index in [0.717, 1.165) is 22.9 Å². The highest BCUT2D eigenvalue weighted by Gasteiger charge is 2.03. The van der Waals surface area contributed by atoms with Crippen LogP contribution in [0.2, 0.25) is 0 Å².